The van der Waals surface area contributed by atoms with Crippen LogP contribution in [-0.2, 0) is 64.2 Å². The van der Waals surface area contributed by atoms with Crippen LogP contribution >= 0.6 is 0 Å². The molecule has 1 aliphatic rings. The fourth-order valence-corrected chi connectivity index (χ4v) is 6.25. The van der Waals surface area contributed by atoms with Crippen molar-refractivity contribution in [3.8, 4) is 0 Å². The molecular weight excluding hydrogens is 618 g/mol. The number of rotatable bonds is 8. The maximum absolute atomic E-state index is 12.2. The molecule has 0 aromatic carbocycles. The van der Waals surface area contributed by atoms with Crippen LogP contribution in [0.5, 0.6) is 0 Å². The van der Waals surface area contributed by atoms with Gasteiger partial charge < -0.3 is 29.4 Å². The summed E-state index contributed by atoms with van der Waals surface area (Å²) in [6.45, 7) is 12.6. The van der Waals surface area contributed by atoms with Crippen LogP contribution in [0.2, 0.25) is 0 Å². The van der Waals surface area contributed by atoms with E-state index in [0.29, 0.717) is 12.8 Å². The normalized spacial score (nSPS) is 14.9. The topological polar surface area (TPSA) is 109 Å². The number of methoxy groups -OCH3 is 2. The second-order valence-electron chi connectivity index (χ2n) is 11.4. The molecule has 0 fully saturated rings. The Morgan fingerprint density at radius 2 is 0.933 bits per heavy atom. The molecule has 45 heavy (non-hydrogen) atoms. The molecule has 0 spiro atoms. The summed E-state index contributed by atoms with van der Waals surface area (Å²) < 4.78 is 9.89. The van der Waals surface area contributed by atoms with E-state index in [2.05, 4.69) is 39.8 Å². The summed E-state index contributed by atoms with van der Waals surface area (Å²) in [4.78, 5) is 44.6. The maximum atomic E-state index is 12.2. The van der Waals surface area contributed by atoms with Gasteiger partial charge in [-0.3, -0.25) is 9.59 Å². The van der Waals surface area contributed by atoms with E-state index in [9.17, 15) is 9.59 Å². The van der Waals surface area contributed by atoms with Crippen molar-refractivity contribution < 1.29 is 38.5 Å². The van der Waals surface area contributed by atoms with Crippen LogP contribution in [-0.4, -0.2) is 26.2 Å². The second kappa shape index (κ2) is 14.1. The van der Waals surface area contributed by atoms with E-state index < -0.39 is 0 Å². The van der Waals surface area contributed by atoms with Gasteiger partial charge >= 0.3 is 11.9 Å². The zero-order valence-electron chi connectivity index (χ0n) is 27.7. The number of carbonyl (C=O) groups excluding carboxylic acids is 2. The minimum atomic E-state index is -0.275. The molecule has 0 radical (unpaired) electrons. The van der Waals surface area contributed by atoms with Crippen LogP contribution in [0.3, 0.4) is 0 Å². The summed E-state index contributed by atoms with van der Waals surface area (Å²) in [7, 11) is 2.80. The van der Waals surface area contributed by atoms with Crippen LogP contribution in [0.1, 0.15) is 94.0 Å². The largest absolute Gasteiger partial charge is 0.657 e. The van der Waals surface area contributed by atoms with E-state index in [1.54, 1.807) is 0 Å². The number of fused-ring (bicyclic) bond motifs is 8. The first-order chi connectivity index (χ1) is 21.1. The van der Waals surface area contributed by atoms with Gasteiger partial charge in [0.15, 0.2) is 0 Å². The van der Waals surface area contributed by atoms with Crippen LogP contribution < -0.4 is 41.3 Å². The zero-order chi connectivity index (χ0) is 31.7. The van der Waals surface area contributed by atoms with Crippen LogP contribution in [0, 0.1) is 27.7 Å². The molecule has 1 aliphatic heterocycles. The van der Waals surface area contributed by atoms with E-state index in [4.69, 9.17) is 29.4 Å². The summed E-state index contributed by atoms with van der Waals surface area (Å²) in [5, 5.41) is 3.36. The molecule has 0 saturated heterocycles. The van der Waals surface area contributed by atoms with E-state index in [1.165, 1.54) is 25.3 Å². The molecule has 8 bridgehead atoms. The quantitative estimate of drug-likeness (QED) is 0.183. The van der Waals surface area contributed by atoms with Gasteiger partial charge in [0.25, 0.3) is 0 Å². The molecule has 234 valence electrons. The van der Waals surface area contributed by atoms with Crippen molar-refractivity contribution in [2.24, 2.45) is 0 Å². The first-order valence-electron chi connectivity index (χ1n) is 15.3. The first-order valence-corrected chi connectivity index (χ1v) is 15.3. The minimum absolute atomic E-state index is 0. The van der Waals surface area contributed by atoms with Crippen molar-refractivity contribution in [1.29, 1.82) is 0 Å². The second-order valence-corrected chi connectivity index (χ2v) is 11.4. The Bertz CT molecular complexity index is 2000. The van der Waals surface area contributed by atoms with Gasteiger partial charge in [-0.15, -0.1) is 44.2 Å². The number of aromatic nitrogens is 4. The Balaban J connectivity index is 0.00000461. The van der Waals surface area contributed by atoms with Crippen LogP contribution in [0.4, 0.5) is 0 Å². The number of ether oxygens (including phenoxy) is 2. The van der Waals surface area contributed by atoms with Gasteiger partial charge in [0.2, 0.25) is 0 Å². The Morgan fingerprint density at radius 1 is 0.533 bits per heavy atom. The van der Waals surface area contributed by atoms with Crippen molar-refractivity contribution in [3.63, 3.8) is 0 Å². The standard InChI is InChI=1S/C36H40N4O4.Zn/c1-9-23-19(3)27-15-28-21(5)25(11-13-35(41)43-7)33(39-28)18-34-26(12-14-36(42)44-8)22(6)30(40-34)17-32-24(10-2)20(4)29(38-32)16-31(23)37-27;/h15-18H,9-14H2,1-8H3;/q-4;/b27-15-,28-15?,29-16?,30-17-,31-16-,32-17?,33-18?,34-18-;. The summed E-state index contributed by atoms with van der Waals surface area (Å²) in [6, 6.07) is 0. The molecule has 0 aliphatic carbocycles. The smallest absolute Gasteiger partial charge is 0.305 e. The molecule has 0 amide bonds. The summed E-state index contributed by atoms with van der Waals surface area (Å²) in [5.41, 5.74) is 11.9. The monoisotopic (exact) mass is 656 g/mol. The van der Waals surface area contributed by atoms with Gasteiger partial charge in [0.1, 0.15) is 0 Å². The Hall–Kier alpha value is -3.84. The first kappa shape index (κ1) is 34.0. The molecule has 0 unspecified atom stereocenters. The van der Waals surface area contributed by atoms with Crippen LogP contribution in [0.25, 0.3) is 24.3 Å². The van der Waals surface area contributed by atoms with Crippen molar-refractivity contribution in [1.82, 2.24) is 19.9 Å². The molecule has 4 aromatic rings. The Kier molecular flexibility index (Phi) is 10.6. The van der Waals surface area contributed by atoms with Gasteiger partial charge in [-0.1, -0.05) is 82.7 Å². The van der Waals surface area contributed by atoms with E-state index >= 15 is 0 Å². The van der Waals surface area contributed by atoms with Gasteiger partial charge in [-0.2, -0.15) is 0 Å². The fourth-order valence-electron chi connectivity index (χ4n) is 6.25. The fraction of sp³-hybridized carbons (Fsp3) is 0.389. The molecule has 8 nitrogen and oxygen atoms in total. The van der Waals surface area contributed by atoms with Gasteiger partial charge in [-0.25, -0.2) is 0 Å². The molecule has 5 rings (SSSR count). The van der Waals surface area contributed by atoms with Gasteiger partial charge in [0, 0.05) is 32.3 Å². The SMILES string of the molecule is CCc1c2[n-]c(c1C)/C=c1\[n-]/c(c(C)c1CC)=C\c1[n-]c(c(CCC(=O)OC)c1C)/C=c1\[n-]/c(c(C)c1CCC(=O)OC)=C\2.[Zn]. The predicted molar refractivity (Wildman–Crippen MR) is 170 cm³/mol. The Morgan fingerprint density at radius 3 is 1.47 bits per heavy atom. The predicted octanol–water partition coefficient (Wildman–Crippen LogP) is 1.71. The molecule has 9 heteroatoms. The number of carbonyl (C=O) groups is 2. The third-order valence-corrected chi connectivity index (χ3v) is 8.96. The number of nitrogens with zero attached hydrogens (tertiary/aromatic N) is 4. The Labute approximate surface area is 276 Å². The zero-order valence-corrected chi connectivity index (χ0v) is 30.6. The van der Waals surface area contributed by atoms with Crippen molar-refractivity contribution in [3.05, 3.63) is 88.7 Å². The van der Waals surface area contributed by atoms with Crippen molar-refractivity contribution in [2.45, 2.75) is 80.1 Å². The average Bonchev–Trinajstić information content (AvgIpc) is 3.67. The van der Waals surface area contributed by atoms with E-state index in [1.807, 2.05) is 26.0 Å². The number of hydrogen-bond acceptors (Lipinski definition) is 4. The molecule has 0 atom stereocenters. The van der Waals surface area contributed by atoms with Crippen molar-refractivity contribution in [2.75, 3.05) is 14.2 Å². The maximum Gasteiger partial charge on any atom is 0.305 e. The molecule has 0 N–H and O–H groups in total. The van der Waals surface area contributed by atoms with Gasteiger partial charge in [-0.05, 0) is 53.4 Å². The van der Waals surface area contributed by atoms with E-state index in [0.717, 1.165) is 90.4 Å². The third kappa shape index (κ3) is 6.60. The van der Waals surface area contributed by atoms with Gasteiger partial charge in [0.05, 0.1) is 14.2 Å². The van der Waals surface area contributed by atoms with Crippen LogP contribution in [0.15, 0.2) is 0 Å². The number of hydrogen-bond donors (Lipinski definition) is 0. The van der Waals surface area contributed by atoms with Crippen molar-refractivity contribution >= 4 is 36.2 Å². The molecular formula is C36H40N4O4Zn-4. The number of esters is 2. The van der Waals surface area contributed by atoms with E-state index in [-0.39, 0.29) is 44.3 Å². The summed E-state index contributed by atoms with van der Waals surface area (Å²) in [6.07, 6.45) is 11.3. The average molecular weight is 658 g/mol. The third-order valence-electron chi connectivity index (χ3n) is 8.96. The minimum Gasteiger partial charge on any atom is -0.657 e. The molecule has 0 saturated carbocycles. The summed E-state index contributed by atoms with van der Waals surface area (Å²) in [5.74, 6) is -0.550. The summed E-state index contributed by atoms with van der Waals surface area (Å²) >= 11 is 0. The molecule has 4 aromatic heterocycles. The molecule has 5 heterocycles.